The number of benzene rings is 2. The van der Waals surface area contributed by atoms with Crippen LogP contribution in [-0.4, -0.2) is 16.7 Å². The van der Waals surface area contributed by atoms with Crippen LogP contribution in [0.25, 0.3) is 0 Å². The Labute approximate surface area is 148 Å². The molecule has 26 heavy (non-hydrogen) atoms. The van der Waals surface area contributed by atoms with Crippen molar-refractivity contribution in [2.24, 2.45) is 0 Å². The predicted molar refractivity (Wildman–Crippen MR) is 86.8 cm³/mol. The normalized spacial score (nSPS) is 10.9. The molecule has 2 aromatic carbocycles. The molecule has 0 aliphatic heterocycles. The van der Waals surface area contributed by atoms with E-state index in [-0.39, 0.29) is 22.1 Å². The number of anilines is 2. The van der Waals surface area contributed by atoms with Crippen LogP contribution >= 0.6 is 11.6 Å². The van der Waals surface area contributed by atoms with Crippen LogP contribution in [0.1, 0.15) is 5.56 Å². The van der Waals surface area contributed by atoms with Gasteiger partial charge >= 0.3 is 18.0 Å². The number of non-ortho nitro benzene ring substituents is 1. The van der Waals surface area contributed by atoms with Gasteiger partial charge in [0.2, 0.25) is 0 Å². The van der Waals surface area contributed by atoms with Crippen LogP contribution in [0.2, 0.25) is 5.02 Å². The maximum absolute atomic E-state index is 12.6. The molecule has 136 valence electrons. The van der Waals surface area contributed by atoms with E-state index in [0.29, 0.717) is 6.07 Å². The Hall–Kier alpha value is -3.14. The second-order valence-electron chi connectivity index (χ2n) is 4.91. The van der Waals surface area contributed by atoms with Gasteiger partial charge in [-0.15, -0.1) is 0 Å². The first-order valence-electron chi connectivity index (χ1n) is 6.81. The summed E-state index contributed by atoms with van der Waals surface area (Å²) in [4.78, 5) is 33.7. The first kappa shape index (κ1) is 19.2. The van der Waals surface area contributed by atoms with Crippen LogP contribution in [0.4, 0.5) is 30.2 Å². The average Bonchev–Trinajstić information content (AvgIpc) is 2.56. The summed E-state index contributed by atoms with van der Waals surface area (Å²) in [5.74, 6) is -2.53. The summed E-state index contributed by atoms with van der Waals surface area (Å²) < 4.78 is 37.9. The zero-order valence-electron chi connectivity index (χ0n) is 12.6. The Bertz CT molecular complexity index is 887. The molecular formula is C15H9ClF3N3O4. The maximum atomic E-state index is 12.6. The SMILES string of the molecule is O=C(Nc1cccc(C(F)(F)F)c1)C(=O)Nc1cc([N+](=O)[O-])ccc1Cl. The number of carbonyl (C=O) groups excluding carboxylic acids is 2. The number of amides is 2. The molecule has 0 heterocycles. The summed E-state index contributed by atoms with van der Waals surface area (Å²) in [6.45, 7) is 0. The first-order valence-corrected chi connectivity index (χ1v) is 7.19. The highest BCUT2D eigenvalue weighted by Gasteiger charge is 2.30. The lowest BCUT2D eigenvalue weighted by Crippen LogP contribution is -2.29. The number of nitro groups is 1. The smallest absolute Gasteiger partial charge is 0.318 e. The lowest BCUT2D eigenvalue weighted by molar-refractivity contribution is -0.384. The van der Waals surface area contributed by atoms with E-state index in [9.17, 15) is 32.9 Å². The number of nitrogens with zero attached hydrogens (tertiary/aromatic N) is 1. The van der Waals surface area contributed by atoms with Gasteiger partial charge in [-0.25, -0.2) is 0 Å². The predicted octanol–water partition coefficient (Wildman–Crippen LogP) is 3.84. The van der Waals surface area contributed by atoms with Gasteiger partial charge in [0.1, 0.15) is 0 Å². The molecule has 0 aliphatic rings. The third-order valence-electron chi connectivity index (χ3n) is 3.06. The molecule has 0 aromatic heterocycles. The Morgan fingerprint density at radius 2 is 1.69 bits per heavy atom. The van der Waals surface area contributed by atoms with Gasteiger partial charge in [-0.05, 0) is 24.3 Å². The minimum absolute atomic E-state index is 0.0594. The quantitative estimate of drug-likeness (QED) is 0.474. The molecule has 0 aliphatic carbocycles. The molecule has 0 fully saturated rings. The van der Waals surface area contributed by atoms with E-state index in [1.54, 1.807) is 0 Å². The molecule has 0 bridgehead atoms. The molecular weight excluding hydrogens is 379 g/mol. The second kappa shape index (κ2) is 7.40. The summed E-state index contributed by atoms with van der Waals surface area (Å²) in [7, 11) is 0. The van der Waals surface area contributed by atoms with E-state index in [0.717, 1.165) is 30.3 Å². The van der Waals surface area contributed by atoms with Gasteiger partial charge in [0.25, 0.3) is 5.69 Å². The van der Waals surface area contributed by atoms with Crippen LogP contribution in [0.15, 0.2) is 42.5 Å². The monoisotopic (exact) mass is 387 g/mol. The van der Waals surface area contributed by atoms with Crippen molar-refractivity contribution >= 4 is 40.5 Å². The topological polar surface area (TPSA) is 101 Å². The summed E-state index contributed by atoms with van der Waals surface area (Å²) >= 11 is 5.79. The van der Waals surface area contributed by atoms with Gasteiger partial charge in [-0.2, -0.15) is 13.2 Å². The molecule has 0 atom stereocenters. The van der Waals surface area contributed by atoms with Gasteiger partial charge in [0.15, 0.2) is 0 Å². The van der Waals surface area contributed by atoms with Crippen molar-refractivity contribution in [3.05, 3.63) is 63.2 Å². The zero-order chi connectivity index (χ0) is 19.5. The third-order valence-corrected chi connectivity index (χ3v) is 3.39. The number of nitro benzene ring substituents is 1. The number of halogens is 4. The second-order valence-corrected chi connectivity index (χ2v) is 5.32. The number of hydrogen-bond acceptors (Lipinski definition) is 4. The van der Waals surface area contributed by atoms with Crippen LogP contribution in [0.5, 0.6) is 0 Å². The van der Waals surface area contributed by atoms with Crippen LogP contribution in [0.3, 0.4) is 0 Å². The van der Waals surface area contributed by atoms with E-state index >= 15 is 0 Å². The van der Waals surface area contributed by atoms with E-state index in [1.807, 2.05) is 5.32 Å². The number of alkyl halides is 3. The molecule has 0 unspecified atom stereocenters. The molecule has 2 N–H and O–H groups in total. The number of rotatable bonds is 3. The molecule has 0 spiro atoms. The van der Waals surface area contributed by atoms with Crippen LogP contribution < -0.4 is 10.6 Å². The Morgan fingerprint density at radius 3 is 2.31 bits per heavy atom. The fourth-order valence-corrected chi connectivity index (χ4v) is 2.03. The molecule has 2 amide bonds. The summed E-state index contributed by atoms with van der Waals surface area (Å²) in [5.41, 5.74) is -1.81. The van der Waals surface area contributed by atoms with Crippen molar-refractivity contribution in [2.75, 3.05) is 10.6 Å². The maximum Gasteiger partial charge on any atom is 0.416 e. The Balaban J connectivity index is 2.13. The van der Waals surface area contributed by atoms with Gasteiger partial charge in [0.05, 0.1) is 21.2 Å². The number of carbonyl (C=O) groups is 2. The lowest BCUT2D eigenvalue weighted by Gasteiger charge is -2.10. The highest BCUT2D eigenvalue weighted by Crippen LogP contribution is 2.30. The molecule has 11 heteroatoms. The zero-order valence-corrected chi connectivity index (χ0v) is 13.4. The van der Waals surface area contributed by atoms with Crippen molar-refractivity contribution in [1.29, 1.82) is 0 Å². The molecule has 2 aromatic rings. The van der Waals surface area contributed by atoms with E-state index in [4.69, 9.17) is 11.6 Å². The summed E-state index contributed by atoms with van der Waals surface area (Å²) in [6, 6.07) is 6.89. The van der Waals surface area contributed by atoms with Crippen molar-refractivity contribution in [1.82, 2.24) is 0 Å². The molecule has 0 radical (unpaired) electrons. The molecule has 7 nitrogen and oxygen atoms in total. The van der Waals surface area contributed by atoms with E-state index < -0.39 is 28.5 Å². The van der Waals surface area contributed by atoms with E-state index in [2.05, 4.69) is 5.32 Å². The van der Waals surface area contributed by atoms with Crippen molar-refractivity contribution in [3.8, 4) is 0 Å². The van der Waals surface area contributed by atoms with Gasteiger partial charge in [0, 0.05) is 17.8 Å². The Morgan fingerprint density at radius 1 is 1.04 bits per heavy atom. The van der Waals surface area contributed by atoms with Gasteiger partial charge in [-0.3, -0.25) is 19.7 Å². The Kier molecular flexibility index (Phi) is 5.46. The van der Waals surface area contributed by atoms with Crippen LogP contribution in [0, 0.1) is 10.1 Å². The average molecular weight is 388 g/mol. The highest BCUT2D eigenvalue weighted by molar-refractivity contribution is 6.44. The first-order chi connectivity index (χ1) is 12.1. The van der Waals surface area contributed by atoms with E-state index in [1.165, 1.54) is 6.07 Å². The fraction of sp³-hybridized carbons (Fsp3) is 0.0667. The number of nitrogens with one attached hydrogen (secondary N) is 2. The van der Waals surface area contributed by atoms with Gasteiger partial charge < -0.3 is 10.6 Å². The molecule has 2 rings (SSSR count). The van der Waals surface area contributed by atoms with Crippen molar-refractivity contribution in [3.63, 3.8) is 0 Å². The summed E-state index contributed by atoms with van der Waals surface area (Å²) in [6.07, 6.45) is -4.61. The van der Waals surface area contributed by atoms with Crippen LogP contribution in [-0.2, 0) is 15.8 Å². The largest absolute Gasteiger partial charge is 0.416 e. The number of hydrogen-bond donors (Lipinski definition) is 2. The summed E-state index contributed by atoms with van der Waals surface area (Å²) in [5, 5.41) is 14.7. The minimum Gasteiger partial charge on any atom is -0.318 e. The minimum atomic E-state index is -4.61. The van der Waals surface area contributed by atoms with Crippen molar-refractivity contribution in [2.45, 2.75) is 6.18 Å². The fourth-order valence-electron chi connectivity index (χ4n) is 1.86. The lowest BCUT2D eigenvalue weighted by atomic mass is 10.2. The third kappa shape index (κ3) is 4.70. The standard InChI is InChI=1S/C15H9ClF3N3O4/c16-11-5-4-10(22(25)26)7-12(11)21-14(24)13(23)20-9-3-1-2-8(6-9)15(17,18)19/h1-7H,(H,20,23)(H,21,24). The van der Waals surface area contributed by atoms with Crippen molar-refractivity contribution < 1.29 is 27.7 Å². The highest BCUT2D eigenvalue weighted by atomic mass is 35.5. The molecule has 0 saturated heterocycles. The van der Waals surface area contributed by atoms with Gasteiger partial charge in [-0.1, -0.05) is 17.7 Å². The molecule has 0 saturated carbocycles.